The summed E-state index contributed by atoms with van der Waals surface area (Å²) in [6, 6.07) is 0. The Morgan fingerprint density at radius 1 is 1.18 bits per heavy atom. The van der Waals surface area contributed by atoms with Crippen molar-refractivity contribution >= 4 is 5.91 Å². The maximum Gasteiger partial charge on any atom is 0.229 e. The molecule has 0 aliphatic carbocycles. The van der Waals surface area contributed by atoms with Crippen LogP contribution in [0.3, 0.4) is 0 Å². The number of epoxide rings is 1. The van der Waals surface area contributed by atoms with Gasteiger partial charge in [-0.25, -0.2) is 0 Å². The molecule has 0 spiro atoms. The largest absolute Gasteiger partial charge is 0.347 e. The summed E-state index contributed by atoms with van der Waals surface area (Å²) >= 11 is 0. The fourth-order valence-electron chi connectivity index (χ4n) is 1.32. The van der Waals surface area contributed by atoms with E-state index in [1.807, 2.05) is 20.8 Å². The Labute approximate surface area is 104 Å². The molecule has 4 heteroatoms. The predicted octanol–water partition coefficient (Wildman–Crippen LogP) is 1.78. The summed E-state index contributed by atoms with van der Waals surface area (Å²) in [5.74, 6) is -0.0347. The predicted molar refractivity (Wildman–Crippen MR) is 68.3 cm³/mol. The van der Waals surface area contributed by atoms with Gasteiger partial charge < -0.3 is 10.1 Å². The second kappa shape index (κ2) is 4.42. The molecule has 0 radical (unpaired) electrons. The lowest BCUT2D eigenvalue weighted by Gasteiger charge is -2.20. The van der Waals surface area contributed by atoms with Crippen molar-refractivity contribution in [1.82, 2.24) is 10.6 Å². The van der Waals surface area contributed by atoms with E-state index >= 15 is 0 Å². The van der Waals surface area contributed by atoms with Gasteiger partial charge in [0, 0.05) is 16.7 Å². The molecule has 0 aromatic carbocycles. The van der Waals surface area contributed by atoms with E-state index < -0.39 is 5.41 Å². The quantitative estimate of drug-likeness (QED) is 0.739. The van der Waals surface area contributed by atoms with Crippen LogP contribution in [-0.4, -0.2) is 23.8 Å². The number of rotatable bonds is 3. The number of hydrogen-bond acceptors (Lipinski definition) is 3. The van der Waals surface area contributed by atoms with Crippen molar-refractivity contribution in [3.63, 3.8) is 0 Å². The number of ether oxygens (including phenoxy) is 1. The van der Waals surface area contributed by atoms with Crippen LogP contribution in [0.5, 0.6) is 0 Å². The summed E-state index contributed by atoms with van der Waals surface area (Å²) in [5.41, 5.74) is 0.213. The van der Waals surface area contributed by atoms with Crippen LogP contribution in [0.2, 0.25) is 0 Å². The molecule has 1 heterocycles. The van der Waals surface area contributed by atoms with Crippen molar-refractivity contribution in [2.24, 2.45) is 5.41 Å². The normalized spacial score (nSPS) is 24.4. The van der Waals surface area contributed by atoms with Crippen LogP contribution < -0.4 is 10.6 Å². The minimum absolute atomic E-state index is 0.00622. The Morgan fingerprint density at radius 3 is 2.12 bits per heavy atom. The number of carbonyl (C=O) groups is 1. The third kappa shape index (κ3) is 4.48. The van der Waals surface area contributed by atoms with Crippen LogP contribution in [0.15, 0.2) is 12.3 Å². The molecule has 2 N–H and O–H groups in total. The number of amides is 1. The van der Waals surface area contributed by atoms with Gasteiger partial charge in [-0.05, 0) is 20.8 Å². The molecule has 1 saturated heterocycles. The molecule has 2 atom stereocenters. The molecule has 4 nitrogen and oxygen atoms in total. The zero-order chi connectivity index (χ0) is 13.4. The lowest BCUT2D eigenvalue weighted by molar-refractivity contribution is -0.127. The Balaban J connectivity index is 2.41. The molecular weight excluding hydrogens is 216 g/mol. The highest BCUT2D eigenvalue weighted by Crippen LogP contribution is 2.27. The Hall–Kier alpha value is -0.870. The standard InChI is InChI=1S/C13H24N2O2/c1-8(14-11(16)12(2,3)4)9-10(17-9)15-13(5,6)7/h9-10,15H,1H2,2-7H3,(H,14,16). The smallest absolute Gasteiger partial charge is 0.229 e. The zero-order valence-corrected chi connectivity index (χ0v) is 11.7. The minimum Gasteiger partial charge on any atom is -0.347 e. The van der Waals surface area contributed by atoms with Gasteiger partial charge in [0.1, 0.15) is 12.3 Å². The summed E-state index contributed by atoms with van der Waals surface area (Å²) in [4.78, 5) is 11.8. The summed E-state index contributed by atoms with van der Waals surface area (Å²) < 4.78 is 5.44. The molecule has 1 amide bonds. The maximum atomic E-state index is 11.8. The zero-order valence-electron chi connectivity index (χ0n) is 11.7. The van der Waals surface area contributed by atoms with Gasteiger partial charge in [0.15, 0.2) is 0 Å². The lowest BCUT2D eigenvalue weighted by atomic mass is 9.95. The first kappa shape index (κ1) is 14.2. The molecule has 0 bridgehead atoms. The molecule has 17 heavy (non-hydrogen) atoms. The van der Waals surface area contributed by atoms with E-state index in [1.54, 1.807) is 0 Å². The third-order valence-electron chi connectivity index (χ3n) is 2.37. The number of hydrogen-bond donors (Lipinski definition) is 2. The SMILES string of the molecule is C=C(NC(=O)C(C)(C)C)C1OC1NC(C)(C)C. The highest BCUT2D eigenvalue weighted by atomic mass is 16.6. The van der Waals surface area contributed by atoms with Gasteiger partial charge in [-0.1, -0.05) is 27.4 Å². The van der Waals surface area contributed by atoms with Crippen LogP contribution >= 0.6 is 0 Å². The molecule has 2 unspecified atom stereocenters. The second-order valence-electron chi connectivity index (χ2n) is 6.60. The van der Waals surface area contributed by atoms with Crippen molar-refractivity contribution in [2.75, 3.05) is 0 Å². The highest BCUT2D eigenvalue weighted by Gasteiger charge is 2.44. The summed E-state index contributed by atoms with van der Waals surface area (Å²) in [7, 11) is 0. The van der Waals surface area contributed by atoms with Crippen molar-refractivity contribution in [1.29, 1.82) is 0 Å². The lowest BCUT2D eigenvalue weighted by Crippen LogP contribution is -2.40. The average Bonchev–Trinajstić information content (AvgIpc) is 2.78. The average molecular weight is 240 g/mol. The molecule has 1 rings (SSSR count). The van der Waals surface area contributed by atoms with E-state index in [4.69, 9.17) is 4.74 Å². The monoisotopic (exact) mass is 240 g/mol. The molecule has 1 fully saturated rings. The summed E-state index contributed by atoms with van der Waals surface area (Å²) in [6.45, 7) is 15.7. The van der Waals surface area contributed by atoms with E-state index in [2.05, 4.69) is 38.0 Å². The number of nitrogens with one attached hydrogen (secondary N) is 2. The van der Waals surface area contributed by atoms with Crippen molar-refractivity contribution < 1.29 is 9.53 Å². The van der Waals surface area contributed by atoms with Crippen molar-refractivity contribution in [3.8, 4) is 0 Å². The Bertz CT molecular complexity index is 323. The van der Waals surface area contributed by atoms with Gasteiger partial charge in [-0.2, -0.15) is 0 Å². The van der Waals surface area contributed by atoms with Gasteiger partial charge >= 0.3 is 0 Å². The van der Waals surface area contributed by atoms with Crippen molar-refractivity contribution in [2.45, 2.75) is 59.4 Å². The first-order valence-corrected chi connectivity index (χ1v) is 5.94. The van der Waals surface area contributed by atoms with Crippen molar-refractivity contribution in [3.05, 3.63) is 12.3 Å². The van der Waals surface area contributed by atoms with Crippen LogP contribution in [-0.2, 0) is 9.53 Å². The summed E-state index contributed by atoms with van der Waals surface area (Å²) in [5, 5.41) is 6.10. The maximum absolute atomic E-state index is 11.8. The van der Waals surface area contributed by atoms with E-state index in [0.29, 0.717) is 5.70 Å². The molecule has 98 valence electrons. The third-order valence-corrected chi connectivity index (χ3v) is 2.37. The molecule has 0 aromatic rings. The molecule has 0 saturated carbocycles. The van der Waals surface area contributed by atoms with Crippen LogP contribution in [0.1, 0.15) is 41.5 Å². The fraction of sp³-hybridized carbons (Fsp3) is 0.769. The molecule has 1 aliphatic rings. The first-order valence-electron chi connectivity index (χ1n) is 5.94. The number of carbonyl (C=O) groups excluding carboxylic acids is 1. The van der Waals surface area contributed by atoms with Gasteiger partial charge in [-0.15, -0.1) is 0 Å². The van der Waals surface area contributed by atoms with Crippen LogP contribution in [0.4, 0.5) is 0 Å². The Kier molecular flexibility index (Phi) is 3.69. The van der Waals surface area contributed by atoms with Gasteiger partial charge in [0.05, 0.1) is 0 Å². The minimum atomic E-state index is -0.412. The second-order valence-corrected chi connectivity index (χ2v) is 6.60. The van der Waals surface area contributed by atoms with Gasteiger partial charge in [0.2, 0.25) is 5.91 Å². The Morgan fingerprint density at radius 2 is 1.71 bits per heavy atom. The highest BCUT2D eigenvalue weighted by molar-refractivity contribution is 5.83. The fourth-order valence-corrected chi connectivity index (χ4v) is 1.32. The molecular formula is C13H24N2O2. The van der Waals surface area contributed by atoms with E-state index in [-0.39, 0.29) is 23.8 Å². The van der Waals surface area contributed by atoms with E-state index in [9.17, 15) is 4.79 Å². The molecule has 1 aliphatic heterocycles. The first-order chi connectivity index (χ1) is 7.50. The van der Waals surface area contributed by atoms with E-state index in [1.165, 1.54) is 0 Å². The molecule has 0 aromatic heterocycles. The van der Waals surface area contributed by atoms with Crippen LogP contribution in [0.25, 0.3) is 0 Å². The van der Waals surface area contributed by atoms with Gasteiger partial charge in [-0.3, -0.25) is 10.1 Å². The topological polar surface area (TPSA) is 53.7 Å². The van der Waals surface area contributed by atoms with Gasteiger partial charge in [0.25, 0.3) is 0 Å². The summed E-state index contributed by atoms with van der Waals surface area (Å²) in [6.07, 6.45) is -0.150. The van der Waals surface area contributed by atoms with Crippen LogP contribution in [0, 0.1) is 5.41 Å². The van der Waals surface area contributed by atoms with E-state index in [0.717, 1.165) is 0 Å².